The molecule has 0 fully saturated rings. The number of halogens is 1. The Morgan fingerprint density at radius 2 is 1.63 bits per heavy atom. The predicted molar refractivity (Wildman–Crippen MR) is 104 cm³/mol. The van der Waals surface area contributed by atoms with E-state index in [2.05, 4.69) is 0 Å². The number of para-hydroxylation sites is 1. The summed E-state index contributed by atoms with van der Waals surface area (Å²) < 4.78 is 3.20. The van der Waals surface area contributed by atoms with Crippen molar-refractivity contribution in [1.82, 2.24) is 0 Å². The van der Waals surface area contributed by atoms with Crippen LogP contribution in [-0.2, 0) is 6.54 Å². The first-order chi connectivity index (χ1) is 13.1. The van der Waals surface area contributed by atoms with Crippen molar-refractivity contribution >= 4 is 22.5 Å². The quantitative estimate of drug-likeness (QED) is 0.532. The average Bonchev–Trinajstić information content (AvgIpc) is 2.67. The Kier molecular flexibility index (Phi) is 4.42. The third kappa shape index (κ3) is 3.09. The minimum Gasteiger partial charge on any atom is -0.459 e. The molecular weight excluding hydrogens is 360 g/mol. The highest BCUT2D eigenvalue weighted by Gasteiger charge is 2.35. The Balaban J connectivity index is 2.02. The van der Waals surface area contributed by atoms with Crippen molar-refractivity contribution < 1.29 is 19.3 Å². The van der Waals surface area contributed by atoms with E-state index in [1.165, 1.54) is 4.57 Å². The normalized spacial score (nSPS) is 11.0. The van der Waals surface area contributed by atoms with Gasteiger partial charge in [-0.25, -0.2) is 0 Å². The molecule has 3 aromatic carbocycles. The molecule has 0 bridgehead atoms. The summed E-state index contributed by atoms with van der Waals surface area (Å²) >= 11 is 6.12. The van der Waals surface area contributed by atoms with Crippen LogP contribution < -0.4 is 9.13 Å². The minimum absolute atomic E-state index is 0.0357. The van der Waals surface area contributed by atoms with Gasteiger partial charge in [0.2, 0.25) is 11.2 Å². The third-order valence-electron chi connectivity index (χ3n) is 4.75. The van der Waals surface area contributed by atoms with E-state index in [0.717, 1.165) is 16.6 Å². The molecule has 27 heavy (non-hydrogen) atoms. The van der Waals surface area contributed by atoms with Crippen LogP contribution in [0, 0.1) is 6.92 Å². The lowest BCUT2D eigenvalue weighted by Gasteiger charge is -2.06. The van der Waals surface area contributed by atoms with E-state index >= 15 is 0 Å². The molecule has 0 atom stereocenters. The number of aryl methyl sites for hydroxylation is 1. The van der Waals surface area contributed by atoms with Gasteiger partial charge in [0.15, 0.2) is 11.9 Å². The van der Waals surface area contributed by atoms with Crippen molar-refractivity contribution in [3.05, 3.63) is 88.9 Å². The van der Waals surface area contributed by atoms with Crippen LogP contribution in [0.4, 0.5) is 0 Å². The zero-order valence-corrected chi connectivity index (χ0v) is 15.6. The summed E-state index contributed by atoms with van der Waals surface area (Å²) in [6, 6.07) is 22.5. The summed E-state index contributed by atoms with van der Waals surface area (Å²) in [6.07, 6.45) is 0. The van der Waals surface area contributed by atoms with Crippen LogP contribution in [0.5, 0.6) is 11.9 Å². The largest absolute Gasteiger partial charge is 0.638 e. The molecule has 0 amide bonds. The summed E-state index contributed by atoms with van der Waals surface area (Å²) in [6.45, 7) is 2.51. The lowest BCUT2D eigenvalue weighted by atomic mass is 10.1. The summed E-state index contributed by atoms with van der Waals surface area (Å²) in [4.78, 5) is 0. The fraction of sp³-hybridized carbons (Fsp3) is 0.0909. The van der Waals surface area contributed by atoms with E-state index in [4.69, 9.17) is 11.6 Å². The summed E-state index contributed by atoms with van der Waals surface area (Å²) in [5, 5.41) is 23.1. The van der Waals surface area contributed by atoms with Crippen molar-refractivity contribution in [2.75, 3.05) is 0 Å². The molecule has 4 aromatic rings. The second-order valence-corrected chi connectivity index (χ2v) is 6.91. The maximum Gasteiger partial charge on any atom is 0.638 e. The van der Waals surface area contributed by atoms with Crippen LogP contribution >= 0.6 is 11.6 Å². The molecule has 0 saturated heterocycles. The van der Waals surface area contributed by atoms with E-state index in [9.17, 15) is 10.2 Å². The molecule has 0 unspecified atom stereocenters. The molecular formula is C22H19ClN2O2+2. The number of nitrogens with zero attached hydrogens (tertiary/aromatic N) is 2. The molecule has 1 aromatic heterocycles. The molecule has 0 spiro atoms. The Labute approximate surface area is 162 Å². The number of aromatic hydroxyl groups is 2. The summed E-state index contributed by atoms with van der Waals surface area (Å²) in [5.41, 5.74) is 3.55. The van der Waals surface area contributed by atoms with Crippen molar-refractivity contribution in [1.29, 1.82) is 0 Å². The lowest BCUT2D eigenvalue weighted by molar-refractivity contribution is -0.776. The molecule has 0 aliphatic heterocycles. The highest BCUT2D eigenvalue weighted by molar-refractivity contribution is 6.30. The van der Waals surface area contributed by atoms with Crippen LogP contribution in [0.3, 0.4) is 0 Å². The standard InChI is InChI=1S/C22H17ClN2O2/c1-15-7-2-3-8-16(15)14-24-20-12-5-4-11-19(20)21(26)25(22(24)27)18-10-6-9-17(23)13-18/h2-13H,14H2,1H3/p+2. The van der Waals surface area contributed by atoms with Gasteiger partial charge in [-0.2, -0.15) is 0 Å². The minimum atomic E-state index is -0.0725. The zero-order chi connectivity index (χ0) is 19.0. The van der Waals surface area contributed by atoms with Crippen molar-refractivity contribution in [3.8, 4) is 17.6 Å². The van der Waals surface area contributed by atoms with Crippen molar-refractivity contribution in [2.45, 2.75) is 13.5 Å². The van der Waals surface area contributed by atoms with Gasteiger partial charge in [0, 0.05) is 28.8 Å². The number of hydrogen-bond acceptors (Lipinski definition) is 2. The second-order valence-electron chi connectivity index (χ2n) is 6.47. The molecule has 0 radical (unpaired) electrons. The van der Waals surface area contributed by atoms with Gasteiger partial charge in [0.1, 0.15) is 0 Å². The number of benzene rings is 3. The van der Waals surface area contributed by atoms with Crippen LogP contribution in [-0.4, -0.2) is 10.2 Å². The Morgan fingerprint density at radius 1 is 0.889 bits per heavy atom. The van der Waals surface area contributed by atoms with Crippen molar-refractivity contribution in [3.63, 3.8) is 0 Å². The molecule has 4 rings (SSSR count). The maximum atomic E-state index is 11.1. The highest BCUT2D eigenvalue weighted by atomic mass is 35.5. The van der Waals surface area contributed by atoms with E-state index in [1.807, 2.05) is 55.5 Å². The lowest BCUT2D eigenvalue weighted by Crippen LogP contribution is -2.47. The molecule has 4 nitrogen and oxygen atoms in total. The van der Waals surface area contributed by atoms with Gasteiger partial charge in [-0.05, 0) is 29.2 Å². The zero-order valence-electron chi connectivity index (χ0n) is 14.8. The Hall–Kier alpha value is -3.11. The molecule has 0 aliphatic rings. The first kappa shape index (κ1) is 17.3. The monoisotopic (exact) mass is 378 g/mol. The van der Waals surface area contributed by atoms with Gasteiger partial charge in [-0.1, -0.05) is 58.6 Å². The molecule has 134 valence electrons. The fourth-order valence-electron chi connectivity index (χ4n) is 3.31. The molecule has 1 heterocycles. The van der Waals surface area contributed by atoms with E-state index in [0.29, 0.717) is 22.6 Å². The SMILES string of the molecule is Cc1ccccc1C[n+]1c(O)[n+](-c2cccc(Cl)c2)c(O)c2ccccc21. The number of aromatic nitrogens is 2. The number of hydrogen-bond donors (Lipinski definition) is 2. The second kappa shape index (κ2) is 6.89. The van der Waals surface area contributed by atoms with E-state index in [-0.39, 0.29) is 11.9 Å². The average molecular weight is 379 g/mol. The molecule has 0 aliphatic carbocycles. The van der Waals surface area contributed by atoms with Gasteiger partial charge in [-0.3, -0.25) is 0 Å². The highest BCUT2D eigenvalue weighted by Crippen LogP contribution is 2.24. The van der Waals surface area contributed by atoms with Crippen molar-refractivity contribution in [2.24, 2.45) is 0 Å². The Bertz CT molecular complexity index is 1160. The van der Waals surface area contributed by atoms with Gasteiger partial charge in [0.05, 0.1) is 0 Å². The first-order valence-corrected chi connectivity index (χ1v) is 9.03. The predicted octanol–water partition coefficient (Wildman–Crippen LogP) is 3.83. The van der Waals surface area contributed by atoms with Crippen LogP contribution in [0.2, 0.25) is 5.02 Å². The third-order valence-corrected chi connectivity index (χ3v) is 4.98. The topological polar surface area (TPSA) is 48.2 Å². The van der Waals surface area contributed by atoms with E-state index in [1.54, 1.807) is 28.8 Å². The molecule has 2 N–H and O–H groups in total. The van der Waals surface area contributed by atoms with E-state index < -0.39 is 0 Å². The Morgan fingerprint density at radius 3 is 2.41 bits per heavy atom. The number of fused-ring (bicyclic) bond motifs is 1. The maximum absolute atomic E-state index is 11.1. The van der Waals surface area contributed by atoms with Crippen LogP contribution in [0.15, 0.2) is 72.8 Å². The van der Waals surface area contributed by atoms with Crippen LogP contribution in [0.1, 0.15) is 11.1 Å². The van der Waals surface area contributed by atoms with Gasteiger partial charge < -0.3 is 10.2 Å². The molecule has 0 saturated carbocycles. The van der Waals surface area contributed by atoms with Gasteiger partial charge in [0.25, 0.3) is 0 Å². The smallest absolute Gasteiger partial charge is 0.459 e. The summed E-state index contributed by atoms with van der Waals surface area (Å²) in [5.74, 6) is -0.0357. The summed E-state index contributed by atoms with van der Waals surface area (Å²) in [7, 11) is 0. The first-order valence-electron chi connectivity index (χ1n) is 8.65. The van der Waals surface area contributed by atoms with Crippen LogP contribution in [0.25, 0.3) is 16.6 Å². The van der Waals surface area contributed by atoms with Gasteiger partial charge in [-0.15, -0.1) is 0 Å². The fourth-order valence-corrected chi connectivity index (χ4v) is 3.49. The molecule has 5 heteroatoms. The van der Waals surface area contributed by atoms with Gasteiger partial charge >= 0.3 is 11.9 Å². The number of rotatable bonds is 3.